The lowest BCUT2D eigenvalue weighted by atomic mass is 10.1. The first-order valence-corrected chi connectivity index (χ1v) is 9.62. The highest BCUT2D eigenvalue weighted by Crippen LogP contribution is 2.33. The SMILES string of the molecule is O=C1CN(C(=O)c2cc(-c3cc(Br)cc(OC(F)(F)F)c3)n(-c3ccncc3)n2)CN1. The average molecular weight is 496 g/mol. The molecule has 8 nitrogen and oxygen atoms in total. The first-order chi connectivity index (χ1) is 14.7. The second-order valence-electron chi connectivity index (χ2n) is 6.52. The minimum Gasteiger partial charge on any atom is -0.406 e. The molecule has 2 aromatic heterocycles. The summed E-state index contributed by atoms with van der Waals surface area (Å²) in [5, 5.41) is 6.88. The molecule has 1 aliphatic rings. The van der Waals surface area contributed by atoms with Crippen molar-refractivity contribution in [2.75, 3.05) is 13.2 Å². The Balaban J connectivity index is 1.80. The minimum absolute atomic E-state index is 0.0292. The van der Waals surface area contributed by atoms with E-state index in [0.29, 0.717) is 21.4 Å². The van der Waals surface area contributed by atoms with Gasteiger partial charge in [-0.05, 0) is 36.4 Å². The molecule has 1 fully saturated rings. The zero-order valence-electron chi connectivity index (χ0n) is 15.6. The normalized spacial score (nSPS) is 13.9. The number of alkyl halides is 3. The number of carbonyl (C=O) groups is 2. The molecule has 12 heteroatoms. The summed E-state index contributed by atoms with van der Waals surface area (Å²) in [6, 6.07) is 8.67. The molecule has 0 atom stereocenters. The van der Waals surface area contributed by atoms with Crippen molar-refractivity contribution in [3.05, 3.63) is 59.0 Å². The summed E-state index contributed by atoms with van der Waals surface area (Å²) in [6.45, 7) is -0.0493. The van der Waals surface area contributed by atoms with Gasteiger partial charge in [-0.2, -0.15) is 5.10 Å². The Hall–Kier alpha value is -3.41. The van der Waals surface area contributed by atoms with Crippen LogP contribution < -0.4 is 10.1 Å². The van der Waals surface area contributed by atoms with Crippen LogP contribution in [0.5, 0.6) is 5.75 Å². The second-order valence-corrected chi connectivity index (χ2v) is 7.43. The Morgan fingerprint density at radius 3 is 2.55 bits per heavy atom. The van der Waals surface area contributed by atoms with Crippen molar-refractivity contribution >= 4 is 27.7 Å². The van der Waals surface area contributed by atoms with Crippen LogP contribution in [0.25, 0.3) is 16.9 Å². The molecule has 0 bridgehead atoms. The predicted octanol–water partition coefficient (Wildman–Crippen LogP) is 3.12. The molecule has 1 aromatic carbocycles. The summed E-state index contributed by atoms with van der Waals surface area (Å²) < 4.78 is 44.0. The summed E-state index contributed by atoms with van der Waals surface area (Å²) in [4.78, 5) is 29.5. The van der Waals surface area contributed by atoms with Gasteiger partial charge in [0.2, 0.25) is 5.91 Å². The zero-order chi connectivity index (χ0) is 22.2. The number of ether oxygens (including phenoxy) is 1. The van der Waals surface area contributed by atoms with Crippen molar-refractivity contribution < 1.29 is 27.5 Å². The van der Waals surface area contributed by atoms with Crippen LogP contribution in [0.1, 0.15) is 10.5 Å². The first kappa shape index (κ1) is 20.8. The van der Waals surface area contributed by atoms with Gasteiger partial charge in [0.15, 0.2) is 5.69 Å². The molecule has 31 heavy (non-hydrogen) atoms. The predicted molar refractivity (Wildman–Crippen MR) is 105 cm³/mol. The topological polar surface area (TPSA) is 89.4 Å². The van der Waals surface area contributed by atoms with Crippen molar-refractivity contribution in [3.63, 3.8) is 0 Å². The van der Waals surface area contributed by atoms with E-state index in [9.17, 15) is 22.8 Å². The molecule has 3 heterocycles. The van der Waals surface area contributed by atoms with E-state index < -0.39 is 18.0 Å². The number of carbonyl (C=O) groups excluding carboxylic acids is 2. The molecular weight excluding hydrogens is 483 g/mol. The molecule has 160 valence electrons. The van der Waals surface area contributed by atoms with Gasteiger partial charge in [0, 0.05) is 22.4 Å². The fourth-order valence-electron chi connectivity index (χ4n) is 3.05. The third-order valence-corrected chi connectivity index (χ3v) is 4.78. The third kappa shape index (κ3) is 4.68. The van der Waals surface area contributed by atoms with Crippen molar-refractivity contribution in [1.82, 2.24) is 25.0 Å². The molecule has 0 radical (unpaired) electrons. The number of hydrogen-bond donors (Lipinski definition) is 1. The Morgan fingerprint density at radius 1 is 1.16 bits per heavy atom. The summed E-state index contributed by atoms with van der Waals surface area (Å²) >= 11 is 3.19. The maximum atomic E-state index is 12.8. The van der Waals surface area contributed by atoms with Gasteiger partial charge in [-0.3, -0.25) is 14.6 Å². The van der Waals surface area contributed by atoms with Gasteiger partial charge < -0.3 is 15.0 Å². The Morgan fingerprint density at radius 2 is 1.90 bits per heavy atom. The molecular formula is C19H13BrF3N5O3. The molecule has 0 aliphatic carbocycles. The Labute approximate surface area is 181 Å². The number of amides is 2. The largest absolute Gasteiger partial charge is 0.573 e. The maximum absolute atomic E-state index is 12.8. The molecule has 1 saturated heterocycles. The van der Waals surface area contributed by atoms with Crippen LogP contribution in [0.2, 0.25) is 0 Å². The molecule has 2 amide bonds. The lowest BCUT2D eigenvalue weighted by Gasteiger charge is -2.12. The van der Waals surface area contributed by atoms with Gasteiger partial charge in [-0.1, -0.05) is 15.9 Å². The number of aromatic nitrogens is 3. The zero-order valence-corrected chi connectivity index (χ0v) is 17.1. The van der Waals surface area contributed by atoms with E-state index >= 15 is 0 Å². The van der Waals surface area contributed by atoms with Crippen LogP contribution in [-0.4, -0.2) is 51.1 Å². The van der Waals surface area contributed by atoms with Gasteiger partial charge in [0.1, 0.15) is 12.3 Å². The summed E-state index contributed by atoms with van der Waals surface area (Å²) in [5.41, 5.74) is 1.24. The summed E-state index contributed by atoms with van der Waals surface area (Å²) in [5.74, 6) is -1.21. The van der Waals surface area contributed by atoms with Crippen LogP contribution in [0.15, 0.2) is 53.3 Å². The molecule has 0 unspecified atom stereocenters. The van der Waals surface area contributed by atoms with Crippen LogP contribution in [0.3, 0.4) is 0 Å². The molecule has 1 aliphatic heterocycles. The van der Waals surface area contributed by atoms with E-state index in [1.54, 1.807) is 18.2 Å². The number of hydrogen-bond acceptors (Lipinski definition) is 5. The molecule has 3 aromatic rings. The molecule has 4 rings (SSSR count). The van der Waals surface area contributed by atoms with Gasteiger partial charge >= 0.3 is 6.36 Å². The highest BCUT2D eigenvalue weighted by atomic mass is 79.9. The number of nitrogens with zero attached hydrogens (tertiary/aromatic N) is 4. The number of nitrogens with one attached hydrogen (secondary N) is 1. The third-order valence-electron chi connectivity index (χ3n) is 4.33. The fourth-order valence-corrected chi connectivity index (χ4v) is 3.52. The summed E-state index contributed by atoms with van der Waals surface area (Å²) in [6.07, 6.45) is -1.82. The lowest BCUT2D eigenvalue weighted by Crippen LogP contribution is -2.30. The van der Waals surface area contributed by atoms with E-state index in [4.69, 9.17) is 0 Å². The fraction of sp³-hybridized carbons (Fsp3) is 0.158. The minimum atomic E-state index is -4.86. The van der Waals surface area contributed by atoms with E-state index in [2.05, 4.69) is 36.1 Å². The highest BCUT2D eigenvalue weighted by Gasteiger charge is 2.32. The number of halogens is 4. The van der Waals surface area contributed by atoms with Crippen LogP contribution in [-0.2, 0) is 4.79 Å². The number of pyridine rings is 1. The van der Waals surface area contributed by atoms with Gasteiger partial charge in [-0.15, -0.1) is 13.2 Å². The maximum Gasteiger partial charge on any atom is 0.573 e. The highest BCUT2D eigenvalue weighted by molar-refractivity contribution is 9.10. The quantitative estimate of drug-likeness (QED) is 0.600. The van der Waals surface area contributed by atoms with E-state index in [1.807, 2.05) is 0 Å². The number of rotatable bonds is 4. The Bertz CT molecular complexity index is 1150. The average Bonchev–Trinajstić information content (AvgIpc) is 3.33. The number of benzene rings is 1. The van der Waals surface area contributed by atoms with Crippen molar-refractivity contribution in [3.8, 4) is 22.7 Å². The Kier molecular flexibility index (Phi) is 5.39. The van der Waals surface area contributed by atoms with Gasteiger partial charge in [-0.25, -0.2) is 4.68 Å². The first-order valence-electron chi connectivity index (χ1n) is 8.83. The van der Waals surface area contributed by atoms with E-state index in [-0.39, 0.29) is 24.8 Å². The summed E-state index contributed by atoms with van der Waals surface area (Å²) in [7, 11) is 0. The standard InChI is InChI=1S/C19H13BrF3N5O3/c20-12-5-11(6-14(7-12)31-19(21,22)23)16-8-15(18(30)27-9-17(29)25-10-27)26-28(16)13-1-3-24-4-2-13/h1-8H,9-10H2,(H,25,29). The monoisotopic (exact) mass is 495 g/mol. The van der Waals surface area contributed by atoms with Crippen LogP contribution in [0, 0.1) is 0 Å². The van der Waals surface area contributed by atoms with Crippen molar-refractivity contribution in [2.45, 2.75) is 6.36 Å². The molecule has 0 saturated carbocycles. The molecule has 1 N–H and O–H groups in total. The van der Waals surface area contributed by atoms with Crippen molar-refractivity contribution in [1.29, 1.82) is 0 Å². The van der Waals surface area contributed by atoms with E-state index in [0.717, 1.165) is 0 Å². The van der Waals surface area contributed by atoms with Crippen molar-refractivity contribution in [2.24, 2.45) is 0 Å². The van der Waals surface area contributed by atoms with E-state index in [1.165, 1.54) is 40.2 Å². The van der Waals surface area contributed by atoms with Crippen LogP contribution in [0.4, 0.5) is 13.2 Å². The smallest absolute Gasteiger partial charge is 0.406 e. The van der Waals surface area contributed by atoms with Crippen LogP contribution >= 0.6 is 15.9 Å². The van der Waals surface area contributed by atoms with Gasteiger partial charge in [0.25, 0.3) is 5.91 Å². The van der Waals surface area contributed by atoms with Gasteiger partial charge in [0.05, 0.1) is 18.1 Å². The second kappa shape index (κ2) is 8.02. The lowest BCUT2D eigenvalue weighted by molar-refractivity contribution is -0.274. The molecule has 0 spiro atoms.